The van der Waals surface area contributed by atoms with Crippen LogP contribution in [0.1, 0.15) is 10.5 Å². The molecule has 104 valence electrons. The van der Waals surface area contributed by atoms with E-state index in [-0.39, 0.29) is 5.91 Å². The molecule has 20 heavy (non-hydrogen) atoms. The molecule has 0 radical (unpaired) electrons. The summed E-state index contributed by atoms with van der Waals surface area (Å²) in [4.78, 5) is 18.0. The third-order valence-corrected chi connectivity index (χ3v) is 3.42. The molecule has 0 bridgehead atoms. The molecule has 0 aliphatic rings. The van der Waals surface area contributed by atoms with Crippen LogP contribution in [0.15, 0.2) is 41.0 Å². The maximum absolute atomic E-state index is 12.0. The van der Waals surface area contributed by atoms with Crippen LogP contribution < -0.4 is 10.2 Å². The van der Waals surface area contributed by atoms with Crippen LogP contribution >= 0.6 is 27.5 Å². The number of rotatable bonds is 3. The molecule has 1 N–H and O–H groups in total. The predicted octanol–water partition coefficient (Wildman–Crippen LogP) is 3.82. The van der Waals surface area contributed by atoms with Gasteiger partial charge in [-0.05, 0) is 46.3 Å². The van der Waals surface area contributed by atoms with Crippen molar-refractivity contribution in [2.75, 3.05) is 24.3 Å². The highest BCUT2D eigenvalue weighted by molar-refractivity contribution is 9.10. The highest BCUT2D eigenvalue weighted by Gasteiger charge is 2.09. The molecule has 1 aromatic heterocycles. The average Bonchev–Trinajstić information content (AvgIpc) is 2.39. The molecule has 0 fully saturated rings. The van der Waals surface area contributed by atoms with E-state index in [4.69, 9.17) is 11.6 Å². The van der Waals surface area contributed by atoms with Gasteiger partial charge in [-0.15, -0.1) is 0 Å². The van der Waals surface area contributed by atoms with E-state index in [1.54, 1.807) is 30.5 Å². The molecule has 0 aliphatic heterocycles. The van der Waals surface area contributed by atoms with Crippen molar-refractivity contribution in [3.63, 3.8) is 0 Å². The smallest absolute Gasteiger partial charge is 0.274 e. The summed E-state index contributed by atoms with van der Waals surface area (Å²) in [6.45, 7) is 0. The molecule has 0 unspecified atom stereocenters. The number of pyridine rings is 1. The molecule has 6 heteroatoms. The summed E-state index contributed by atoms with van der Waals surface area (Å²) in [5.41, 5.74) is 1.88. The summed E-state index contributed by atoms with van der Waals surface area (Å²) in [6, 6.07) is 8.79. The van der Waals surface area contributed by atoms with Gasteiger partial charge in [0.2, 0.25) is 0 Å². The number of amides is 1. The molecule has 1 amide bonds. The van der Waals surface area contributed by atoms with E-state index in [2.05, 4.69) is 26.2 Å². The summed E-state index contributed by atoms with van der Waals surface area (Å²) < 4.78 is 0.826. The minimum atomic E-state index is -0.272. The zero-order valence-corrected chi connectivity index (χ0v) is 13.4. The Labute approximate surface area is 130 Å². The first kappa shape index (κ1) is 14.8. The fourth-order valence-electron chi connectivity index (χ4n) is 1.65. The lowest BCUT2D eigenvalue weighted by Crippen LogP contribution is -2.14. The zero-order chi connectivity index (χ0) is 14.7. The highest BCUT2D eigenvalue weighted by Crippen LogP contribution is 2.27. The van der Waals surface area contributed by atoms with Crippen LogP contribution in [0.5, 0.6) is 0 Å². The lowest BCUT2D eigenvalue weighted by atomic mass is 10.2. The van der Waals surface area contributed by atoms with E-state index < -0.39 is 0 Å². The molecule has 2 aromatic rings. The van der Waals surface area contributed by atoms with Gasteiger partial charge in [-0.3, -0.25) is 4.79 Å². The van der Waals surface area contributed by atoms with E-state index in [1.165, 1.54) is 0 Å². The van der Waals surface area contributed by atoms with Crippen molar-refractivity contribution in [2.45, 2.75) is 0 Å². The quantitative estimate of drug-likeness (QED) is 0.911. The number of benzene rings is 1. The van der Waals surface area contributed by atoms with E-state index in [0.29, 0.717) is 16.4 Å². The minimum absolute atomic E-state index is 0.272. The Bertz CT molecular complexity index is 629. The number of aromatic nitrogens is 1. The molecule has 1 aromatic carbocycles. The summed E-state index contributed by atoms with van der Waals surface area (Å²) in [5.74, 6) is -0.272. The minimum Gasteiger partial charge on any atom is -0.376 e. The molecular weight excluding hydrogens is 342 g/mol. The number of hydrogen-bond donors (Lipinski definition) is 1. The van der Waals surface area contributed by atoms with Crippen molar-refractivity contribution in [2.24, 2.45) is 0 Å². The maximum atomic E-state index is 12.0. The van der Waals surface area contributed by atoms with Crippen LogP contribution in [0.2, 0.25) is 5.02 Å². The fraction of sp³-hybridized carbons (Fsp3) is 0.143. The monoisotopic (exact) mass is 353 g/mol. The topological polar surface area (TPSA) is 45.2 Å². The molecular formula is C14H13BrClN3O. The largest absolute Gasteiger partial charge is 0.376 e. The lowest BCUT2D eigenvalue weighted by Gasteiger charge is -2.15. The first-order valence-corrected chi connectivity index (χ1v) is 7.04. The normalized spacial score (nSPS) is 10.2. The number of hydrogen-bond acceptors (Lipinski definition) is 3. The average molecular weight is 355 g/mol. The van der Waals surface area contributed by atoms with Crippen molar-refractivity contribution in [3.05, 3.63) is 51.7 Å². The highest BCUT2D eigenvalue weighted by atomic mass is 79.9. The summed E-state index contributed by atoms with van der Waals surface area (Å²) in [5, 5.41) is 3.35. The van der Waals surface area contributed by atoms with Gasteiger partial charge in [0.1, 0.15) is 5.69 Å². The molecule has 0 spiro atoms. The Morgan fingerprint density at radius 3 is 2.60 bits per heavy atom. The number of nitrogens with zero attached hydrogens (tertiary/aromatic N) is 2. The van der Waals surface area contributed by atoms with Gasteiger partial charge in [0.05, 0.1) is 10.7 Å². The predicted molar refractivity (Wildman–Crippen MR) is 85.7 cm³/mol. The Kier molecular flexibility index (Phi) is 4.62. The third-order valence-electron chi connectivity index (χ3n) is 2.65. The van der Waals surface area contributed by atoms with E-state index in [1.807, 2.05) is 25.1 Å². The Morgan fingerprint density at radius 2 is 2.05 bits per heavy atom. The van der Waals surface area contributed by atoms with Crippen molar-refractivity contribution in [1.29, 1.82) is 0 Å². The van der Waals surface area contributed by atoms with Gasteiger partial charge in [-0.25, -0.2) is 4.98 Å². The Hall–Kier alpha value is -1.59. The summed E-state index contributed by atoms with van der Waals surface area (Å²) in [6.07, 6.45) is 1.58. The van der Waals surface area contributed by atoms with Gasteiger partial charge >= 0.3 is 0 Å². The molecule has 0 saturated carbocycles. The van der Waals surface area contributed by atoms with Crippen molar-refractivity contribution in [3.8, 4) is 0 Å². The van der Waals surface area contributed by atoms with E-state index in [9.17, 15) is 4.79 Å². The molecule has 1 heterocycles. The van der Waals surface area contributed by atoms with Gasteiger partial charge < -0.3 is 10.2 Å². The first-order valence-electron chi connectivity index (χ1n) is 5.87. The summed E-state index contributed by atoms with van der Waals surface area (Å²) in [7, 11) is 3.82. The fourth-order valence-corrected chi connectivity index (χ4v) is 2.24. The van der Waals surface area contributed by atoms with Crippen LogP contribution in [-0.2, 0) is 0 Å². The summed E-state index contributed by atoms with van der Waals surface area (Å²) >= 11 is 9.44. The van der Waals surface area contributed by atoms with E-state index in [0.717, 1.165) is 10.2 Å². The van der Waals surface area contributed by atoms with Crippen molar-refractivity contribution in [1.82, 2.24) is 4.98 Å². The van der Waals surface area contributed by atoms with Gasteiger partial charge in [0, 0.05) is 30.5 Å². The SMILES string of the molecule is CN(C)c1ccc(NC(=O)c2ccc(Br)cn2)cc1Cl. The van der Waals surface area contributed by atoms with Crippen LogP contribution in [-0.4, -0.2) is 25.0 Å². The molecule has 0 aliphatic carbocycles. The van der Waals surface area contributed by atoms with E-state index >= 15 is 0 Å². The molecule has 2 rings (SSSR count). The number of carbonyl (C=O) groups excluding carboxylic acids is 1. The van der Waals surface area contributed by atoms with Crippen molar-refractivity contribution < 1.29 is 4.79 Å². The van der Waals surface area contributed by atoms with Crippen LogP contribution in [0.4, 0.5) is 11.4 Å². The van der Waals surface area contributed by atoms with Crippen LogP contribution in [0.25, 0.3) is 0 Å². The lowest BCUT2D eigenvalue weighted by molar-refractivity contribution is 0.102. The third kappa shape index (κ3) is 3.49. The Balaban J connectivity index is 2.16. The van der Waals surface area contributed by atoms with Gasteiger partial charge in [-0.2, -0.15) is 0 Å². The second-order valence-corrected chi connectivity index (χ2v) is 5.70. The standard InChI is InChI=1S/C14H13BrClN3O/c1-19(2)13-6-4-10(7-11(13)16)18-14(20)12-5-3-9(15)8-17-12/h3-8H,1-2H3,(H,18,20). The van der Waals surface area contributed by atoms with Crippen LogP contribution in [0.3, 0.4) is 0 Å². The van der Waals surface area contributed by atoms with Gasteiger partial charge in [0.15, 0.2) is 0 Å². The molecule has 0 atom stereocenters. The maximum Gasteiger partial charge on any atom is 0.274 e. The molecule has 4 nitrogen and oxygen atoms in total. The number of halogens is 2. The number of carbonyl (C=O) groups is 1. The second-order valence-electron chi connectivity index (χ2n) is 4.38. The zero-order valence-electron chi connectivity index (χ0n) is 11.0. The second kappa shape index (κ2) is 6.24. The van der Waals surface area contributed by atoms with Crippen LogP contribution in [0, 0.1) is 0 Å². The number of nitrogens with one attached hydrogen (secondary N) is 1. The molecule has 0 saturated heterocycles. The van der Waals surface area contributed by atoms with Gasteiger partial charge in [-0.1, -0.05) is 11.6 Å². The van der Waals surface area contributed by atoms with Gasteiger partial charge in [0.25, 0.3) is 5.91 Å². The van der Waals surface area contributed by atoms with Crippen molar-refractivity contribution >= 4 is 44.8 Å². The first-order chi connectivity index (χ1) is 9.47. The Morgan fingerprint density at radius 1 is 1.30 bits per heavy atom. The number of anilines is 2.